The maximum Gasteiger partial charge on any atom is 0.222 e. The first kappa shape index (κ1) is 23.4. The van der Waals surface area contributed by atoms with Gasteiger partial charge in [0.2, 0.25) is 5.90 Å². The molecule has 2 aromatic rings. The minimum absolute atomic E-state index is 0.115. The molecule has 2 saturated carbocycles. The molecule has 0 bridgehead atoms. The van der Waals surface area contributed by atoms with Crippen molar-refractivity contribution in [1.82, 2.24) is 0 Å². The third-order valence-electron chi connectivity index (χ3n) is 7.92. The van der Waals surface area contributed by atoms with Crippen LogP contribution in [0, 0.1) is 41.0 Å². The predicted octanol–water partition coefficient (Wildman–Crippen LogP) is 7.79. The van der Waals surface area contributed by atoms with Crippen molar-refractivity contribution in [3.63, 3.8) is 0 Å². The molecule has 4 atom stereocenters. The fourth-order valence-electron chi connectivity index (χ4n) is 6.17. The maximum atomic E-state index is 15.2. The summed E-state index contributed by atoms with van der Waals surface area (Å²) in [5.74, 6) is -1.43. The Bertz CT molecular complexity index is 1100. The molecule has 2 fully saturated rings. The molecule has 182 valence electrons. The second kappa shape index (κ2) is 8.69. The van der Waals surface area contributed by atoms with Crippen LogP contribution in [0.3, 0.4) is 0 Å². The van der Waals surface area contributed by atoms with Crippen LogP contribution >= 0.6 is 0 Å². The van der Waals surface area contributed by atoms with Gasteiger partial charge in [-0.3, -0.25) is 0 Å². The molecule has 1 aliphatic heterocycles. The highest BCUT2D eigenvalue weighted by Gasteiger charge is 2.35. The van der Waals surface area contributed by atoms with Crippen LogP contribution in [0.2, 0.25) is 0 Å². The van der Waals surface area contributed by atoms with Crippen LogP contribution in [0.25, 0.3) is 11.1 Å². The van der Waals surface area contributed by atoms with Crippen molar-refractivity contribution in [2.45, 2.75) is 70.8 Å². The van der Waals surface area contributed by atoms with E-state index in [0.29, 0.717) is 11.5 Å². The van der Waals surface area contributed by atoms with Crippen LogP contribution in [-0.4, -0.2) is 18.0 Å². The quantitative estimate of drug-likeness (QED) is 0.417. The molecule has 0 saturated heterocycles. The molecule has 3 aliphatic rings. The van der Waals surface area contributed by atoms with Gasteiger partial charge in [0.1, 0.15) is 35.4 Å². The summed E-state index contributed by atoms with van der Waals surface area (Å²) >= 11 is 0. The van der Waals surface area contributed by atoms with Crippen LogP contribution < -0.4 is 0 Å². The zero-order valence-corrected chi connectivity index (χ0v) is 19.9. The number of hydrogen-bond acceptors (Lipinski definition) is 2. The van der Waals surface area contributed by atoms with Crippen molar-refractivity contribution in [2.24, 2.45) is 22.7 Å². The van der Waals surface area contributed by atoms with E-state index in [0.717, 1.165) is 43.2 Å². The molecule has 0 radical (unpaired) electrons. The molecule has 2 aromatic carbocycles. The average molecular weight is 474 g/mol. The first-order chi connectivity index (χ1) is 16.1. The normalized spacial score (nSPS) is 28.3. The number of rotatable bonds is 3. The van der Waals surface area contributed by atoms with Crippen molar-refractivity contribution in [3.05, 3.63) is 58.7 Å². The molecule has 2 aliphatic carbocycles. The maximum absolute atomic E-state index is 15.2. The molecule has 0 spiro atoms. The molecular formula is C28H31F4NO. The summed E-state index contributed by atoms with van der Waals surface area (Å²) in [6.45, 7) is 6.09. The van der Waals surface area contributed by atoms with E-state index in [2.05, 4.69) is 11.9 Å². The Hall–Kier alpha value is -2.37. The Morgan fingerprint density at radius 1 is 0.794 bits per heavy atom. The topological polar surface area (TPSA) is 21.6 Å². The highest BCUT2D eigenvalue weighted by atomic mass is 19.1. The van der Waals surface area contributed by atoms with Gasteiger partial charge in [0.25, 0.3) is 0 Å². The fourth-order valence-corrected chi connectivity index (χ4v) is 6.17. The van der Waals surface area contributed by atoms with Gasteiger partial charge in [-0.15, -0.1) is 0 Å². The monoisotopic (exact) mass is 473 g/mol. The van der Waals surface area contributed by atoms with Gasteiger partial charge in [-0.25, -0.2) is 22.6 Å². The first-order valence-electron chi connectivity index (χ1n) is 12.3. The highest BCUT2D eigenvalue weighted by molar-refractivity contribution is 5.96. The Labute approximate surface area is 198 Å². The SMILES string of the molecule is CC1CCC2CC(c3cc(F)c(-c4cc(F)c(C5=NC(C)(C)CO5)c(F)c4)c(F)c3)CCC2C1. The largest absolute Gasteiger partial charge is 0.475 e. The number of hydrogen-bond donors (Lipinski definition) is 0. The molecule has 0 N–H and O–H groups in total. The van der Waals surface area contributed by atoms with E-state index in [1.54, 1.807) is 13.8 Å². The van der Waals surface area contributed by atoms with Gasteiger partial charge in [0.15, 0.2) is 0 Å². The van der Waals surface area contributed by atoms with Gasteiger partial charge in [0, 0.05) is 0 Å². The van der Waals surface area contributed by atoms with E-state index in [4.69, 9.17) is 4.74 Å². The number of ether oxygens (including phenoxy) is 1. The van der Waals surface area contributed by atoms with E-state index >= 15 is 8.78 Å². The van der Waals surface area contributed by atoms with Crippen molar-refractivity contribution >= 4 is 5.90 Å². The standard InChI is InChI=1S/C28H31F4NO/c1-15-4-5-17-9-18(7-6-16(17)8-15)19-10-21(29)25(22(30)11-19)20-12-23(31)26(24(32)13-20)27-33-28(2,3)14-34-27/h10-13,15-18H,4-9,14H2,1-3H3. The summed E-state index contributed by atoms with van der Waals surface area (Å²) in [6, 6.07) is 4.60. The summed E-state index contributed by atoms with van der Waals surface area (Å²) in [5, 5.41) is 0. The molecule has 5 rings (SSSR count). The molecular weight excluding hydrogens is 442 g/mol. The lowest BCUT2D eigenvalue weighted by atomic mass is 9.64. The van der Waals surface area contributed by atoms with Crippen molar-refractivity contribution < 1.29 is 22.3 Å². The van der Waals surface area contributed by atoms with E-state index in [9.17, 15) is 8.78 Å². The molecule has 0 aromatic heterocycles. The van der Waals surface area contributed by atoms with Gasteiger partial charge in [-0.2, -0.15) is 0 Å². The summed E-state index contributed by atoms with van der Waals surface area (Å²) in [4.78, 5) is 4.21. The number of benzene rings is 2. The Morgan fingerprint density at radius 2 is 1.38 bits per heavy atom. The minimum atomic E-state index is -0.959. The average Bonchev–Trinajstić information content (AvgIpc) is 3.11. The first-order valence-corrected chi connectivity index (χ1v) is 12.3. The number of aliphatic imine (C=N–C) groups is 1. The molecule has 6 heteroatoms. The molecule has 34 heavy (non-hydrogen) atoms. The summed E-state index contributed by atoms with van der Waals surface area (Å²) in [7, 11) is 0. The zero-order valence-electron chi connectivity index (χ0n) is 19.9. The smallest absolute Gasteiger partial charge is 0.222 e. The fraction of sp³-hybridized carbons (Fsp3) is 0.536. The van der Waals surface area contributed by atoms with Gasteiger partial charge < -0.3 is 4.74 Å². The van der Waals surface area contributed by atoms with Crippen LogP contribution in [0.4, 0.5) is 17.6 Å². The number of nitrogens with zero attached hydrogens (tertiary/aromatic N) is 1. The Kier molecular flexibility index (Phi) is 5.97. The van der Waals surface area contributed by atoms with Gasteiger partial charge in [0.05, 0.1) is 11.1 Å². The summed E-state index contributed by atoms with van der Waals surface area (Å²) in [5.41, 5.74) is -0.948. The van der Waals surface area contributed by atoms with Crippen LogP contribution in [-0.2, 0) is 4.74 Å². The second-order valence-electron chi connectivity index (χ2n) is 11.1. The molecule has 2 nitrogen and oxygen atoms in total. The van der Waals surface area contributed by atoms with Crippen LogP contribution in [0.15, 0.2) is 29.3 Å². The summed E-state index contributed by atoms with van der Waals surface area (Å²) < 4.78 is 65.4. The molecule has 1 heterocycles. The van der Waals surface area contributed by atoms with Crippen molar-refractivity contribution in [3.8, 4) is 11.1 Å². The molecule has 4 unspecified atom stereocenters. The lowest BCUT2D eigenvalue weighted by Gasteiger charge is -2.41. The van der Waals surface area contributed by atoms with Crippen molar-refractivity contribution in [1.29, 1.82) is 0 Å². The van der Waals surface area contributed by atoms with E-state index in [-0.39, 0.29) is 24.0 Å². The van der Waals surface area contributed by atoms with Crippen LogP contribution in [0.5, 0.6) is 0 Å². The van der Waals surface area contributed by atoms with Crippen LogP contribution in [0.1, 0.15) is 76.3 Å². The van der Waals surface area contributed by atoms with Gasteiger partial charge in [-0.1, -0.05) is 13.3 Å². The van der Waals surface area contributed by atoms with E-state index in [1.807, 2.05) is 0 Å². The highest BCUT2D eigenvalue weighted by Crippen LogP contribution is 2.48. The van der Waals surface area contributed by atoms with Gasteiger partial charge >= 0.3 is 0 Å². The predicted molar refractivity (Wildman–Crippen MR) is 125 cm³/mol. The number of halogens is 4. The lowest BCUT2D eigenvalue weighted by Crippen LogP contribution is -2.29. The number of fused-ring (bicyclic) bond motifs is 1. The third kappa shape index (κ3) is 4.36. The minimum Gasteiger partial charge on any atom is -0.475 e. The Balaban J connectivity index is 1.42. The molecule has 0 amide bonds. The second-order valence-corrected chi connectivity index (χ2v) is 11.1. The zero-order chi connectivity index (χ0) is 24.2. The van der Waals surface area contributed by atoms with Gasteiger partial charge in [-0.05, 0) is 105 Å². The Morgan fingerprint density at radius 3 is 2.00 bits per heavy atom. The lowest BCUT2D eigenvalue weighted by molar-refractivity contribution is 0.124. The summed E-state index contributed by atoms with van der Waals surface area (Å²) in [6.07, 6.45) is 6.61. The third-order valence-corrected chi connectivity index (χ3v) is 7.92. The van der Waals surface area contributed by atoms with E-state index < -0.39 is 39.9 Å². The van der Waals surface area contributed by atoms with Crippen molar-refractivity contribution in [2.75, 3.05) is 6.61 Å². The van der Waals surface area contributed by atoms with E-state index in [1.165, 1.54) is 31.4 Å².